The van der Waals surface area contributed by atoms with E-state index in [1.54, 1.807) is 41.0 Å². The minimum atomic E-state index is -0.334. The van der Waals surface area contributed by atoms with Gasteiger partial charge in [0.15, 0.2) is 5.82 Å². The lowest BCUT2D eigenvalue weighted by Crippen LogP contribution is -2.50. The number of rotatable bonds is 6. The maximum absolute atomic E-state index is 12.9. The molecule has 172 valence electrons. The Balaban J connectivity index is 1.35. The summed E-state index contributed by atoms with van der Waals surface area (Å²) < 4.78 is 15.3. The Labute approximate surface area is 196 Å². The van der Waals surface area contributed by atoms with Gasteiger partial charge in [-0.05, 0) is 37.6 Å². The van der Waals surface area contributed by atoms with Crippen molar-refractivity contribution in [3.8, 4) is 10.9 Å². The Morgan fingerprint density at radius 1 is 1.03 bits per heavy atom. The molecule has 2 heterocycles. The minimum absolute atomic E-state index is 0.0960. The second-order valence-corrected chi connectivity index (χ2v) is 8.46. The van der Waals surface area contributed by atoms with Gasteiger partial charge in [0.2, 0.25) is 0 Å². The highest BCUT2D eigenvalue weighted by atomic mass is 32.1. The van der Waals surface area contributed by atoms with Crippen LogP contribution < -0.4 is 4.74 Å². The van der Waals surface area contributed by atoms with E-state index in [2.05, 4.69) is 40.5 Å². The molecule has 8 nitrogen and oxygen atoms in total. The minimum Gasteiger partial charge on any atom is -0.450 e. The zero-order chi connectivity index (χ0) is 23.2. The van der Waals surface area contributed by atoms with E-state index in [0.717, 1.165) is 5.56 Å². The van der Waals surface area contributed by atoms with E-state index in [9.17, 15) is 9.59 Å². The van der Waals surface area contributed by atoms with Gasteiger partial charge in [-0.15, -0.1) is 0 Å². The molecule has 4 rings (SSSR count). The monoisotopic (exact) mass is 466 g/mol. The van der Waals surface area contributed by atoms with Gasteiger partial charge >= 0.3 is 6.09 Å². The van der Waals surface area contributed by atoms with Crippen molar-refractivity contribution in [2.75, 3.05) is 32.8 Å². The molecule has 1 fully saturated rings. The largest absolute Gasteiger partial charge is 0.450 e. The number of aromatic nitrogens is 2. The van der Waals surface area contributed by atoms with Gasteiger partial charge in [0.05, 0.1) is 6.61 Å². The van der Waals surface area contributed by atoms with Crippen LogP contribution in [-0.2, 0) is 11.2 Å². The zero-order valence-corrected chi connectivity index (χ0v) is 19.5. The molecule has 0 radical (unpaired) electrons. The van der Waals surface area contributed by atoms with Crippen molar-refractivity contribution in [3.05, 3.63) is 71.0 Å². The fraction of sp³-hybridized carbons (Fsp3) is 0.333. The van der Waals surface area contributed by atoms with Gasteiger partial charge in [-0.1, -0.05) is 35.9 Å². The molecule has 0 bridgehead atoms. The van der Waals surface area contributed by atoms with Gasteiger partial charge in [-0.3, -0.25) is 4.79 Å². The number of hydrogen-bond acceptors (Lipinski definition) is 7. The zero-order valence-electron chi connectivity index (χ0n) is 18.7. The Morgan fingerprint density at radius 3 is 2.48 bits per heavy atom. The van der Waals surface area contributed by atoms with Crippen LogP contribution in [-0.4, -0.2) is 63.9 Å². The van der Waals surface area contributed by atoms with Gasteiger partial charge in [-0.2, -0.15) is 9.36 Å². The molecule has 1 aromatic heterocycles. The van der Waals surface area contributed by atoms with E-state index >= 15 is 0 Å². The first kappa shape index (κ1) is 22.7. The van der Waals surface area contributed by atoms with E-state index in [4.69, 9.17) is 9.47 Å². The summed E-state index contributed by atoms with van der Waals surface area (Å²) in [5.41, 5.74) is 2.88. The molecule has 0 aliphatic carbocycles. The van der Waals surface area contributed by atoms with E-state index in [0.29, 0.717) is 61.5 Å². The van der Waals surface area contributed by atoms with Crippen molar-refractivity contribution < 1.29 is 19.1 Å². The molecule has 1 saturated heterocycles. The van der Waals surface area contributed by atoms with Crippen molar-refractivity contribution in [1.29, 1.82) is 0 Å². The Morgan fingerprint density at radius 2 is 1.76 bits per heavy atom. The fourth-order valence-electron chi connectivity index (χ4n) is 3.52. The van der Waals surface area contributed by atoms with Gasteiger partial charge in [-0.25, -0.2) is 4.79 Å². The molecule has 1 aliphatic rings. The second kappa shape index (κ2) is 10.4. The van der Waals surface area contributed by atoms with Crippen LogP contribution in [0, 0.1) is 6.92 Å². The van der Waals surface area contributed by atoms with Crippen LogP contribution in [0.5, 0.6) is 10.9 Å². The number of carbonyl (C=O) groups is 2. The topological polar surface area (TPSA) is 84.9 Å². The predicted octanol–water partition coefficient (Wildman–Crippen LogP) is 4.14. The fourth-order valence-corrected chi connectivity index (χ4v) is 4.09. The maximum Gasteiger partial charge on any atom is 0.409 e. The summed E-state index contributed by atoms with van der Waals surface area (Å²) in [5.74, 6) is 1.14. The molecule has 33 heavy (non-hydrogen) atoms. The summed E-state index contributed by atoms with van der Waals surface area (Å²) in [6.07, 6.45) is 0.301. The van der Waals surface area contributed by atoms with Crippen molar-refractivity contribution in [1.82, 2.24) is 19.2 Å². The molecular weight excluding hydrogens is 440 g/mol. The molecular formula is C24H26N4O4S. The number of amides is 2. The number of carbonyl (C=O) groups excluding carboxylic acids is 2. The average molecular weight is 467 g/mol. The normalized spacial score (nSPS) is 13.6. The first-order valence-corrected chi connectivity index (χ1v) is 11.7. The van der Waals surface area contributed by atoms with Crippen molar-refractivity contribution >= 4 is 23.5 Å². The van der Waals surface area contributed by atoms with E-state index in [-0.39, 0.29) is 12.0 Å². The Kier molecular flexibility index (Phi) is 7.19. The number of aryl methyl sites for hydroxylation is 1. The number of hydrogen-bond donors (Lipinski definition) is 0. The van der Waals surface area contributed by atoms with Crippen molar-refractivity contribution in [2.45, 2.75) is 20.3 Å². The molecule has 2 aromatic carbocycles. The molecule has 0 atom stereocenters. The molecule has 1 aliphatic heterocycles. The highest BCUT2D eigenvalue weighted by Crippen LogP contribution is 2.25. The highest BCUT2D eigenvalue weighted by Gasteiger charge is 2.25. The van der Waals surface area contributed by atoms with Crippen LogP contribution in [0.4, 0.5) is 4.79 Å². The summed E-state index contributed by atoms with van der Waals surface area (Å²) in [7, 11) is 0. The first-order chi connectivity index (χ1) is 16.0. The van der Waals surface area contributed by atoms with Gasteiger partial charge in [0.25, 0.3) is 11.1 Å². The molecule has 0 saturated carbocycles. The van der Waals surface area contributed by atoms with Crippen LogP contribution in [0.3, 0.4) is 0 Å². The standard InChI is InChI=1S/C24H26N4O4S/c1-3-31-24(30)28-13-11-27(12-14-28)22(29)19-5-4-6-20(16-19)32-23-25-21(26-33-23)15-18-9-7-17(2)8-10-18/h4-10,16H,3,11-15H2,1-2H3. The van der Waals surface area contributed by atoms with E-state index in [1.165, 1.54) is 17.1 Å². The van der Waals surface area contributed by atoms with Gasteiger partial charge in [0, 0.05) is 49.7 Å². The second-order valence-electron chi connectivity index (χ2n) is 7.75. The van der Waals surface area contributed by atoms with Crippen molar-refractivity contribution in [2.24, 2.45) is 0 Å². The molecule has 0 N–H and O–H groups in total. The van der Waals surface area contributed by atoms with Gasteiger partial charge < -0.3 is 19.3 Å². The van der Waals surface area contributed by atoms with E-state index in [1.807, 2.05) is 0 Å². The summed E-state index contributed by atoms with van der Waals surface area (Å²) in [6, 6.07) is 15.3. The third kappa shape index (κ3) is 5.87. The average Bonchev–Trinajstić information content (AvgIpc) is 3.27. The lowest BCUT2D eigenvalue weighted by molar-refractivity contribution is 0.0570. The van der Waals surface area contributed by atoms with Crippen LogP contribution in [0.2, 0.25) is 0 Å². The van der Waals surface area contributed by atoms with Gasteiger partial charge in [0.1, 0.15) is 5.75 Å². The SMILES string of the molecule is CCOC(=O)N1CCN(C(=O)c2cccc(Oc3nc(Cc4ccc(C)cc4)ns3)c2)CC1. The number of benzene rings is 2. The summed E-state index contributed by atoms with van der Waals surface area (Å²) in [6.45, 7) is 6.00. The van der Waals surface area contributed by atoms with Crippen LogP contribution in [0.15, 0.2) is 48.5 Å². The molecule has 3 aromatic rings. The summed E-state index contributed by atoms with van der Waals surface area (Å²) in [5, 5.41) is 0.435. The van der Waals surface area contributed by atoms with E-state index < -0.39 is 0 Å². The number of nitrogens with zero attached hydrogens (tertiary/aromatic N) is 4. The Hall–Kier alpha value is -3.46. The smallest absolute Gasteiger partial charge is 0.409 e. The van der Waals surface area contributed by atoms with Crippen LogP contribution in [0.1, 0.15) is 34.2 Å². The summed E-state index contributed by atoms with van der Waals surface area (Å²) in [4.78, 5) is 32.6. The number of piperazine rings is 1. The lowest BCUT2D eigenvalue weighted by atomic mass is 10.1. The summed E-state index contributed by atoms with van der Waals surface area (Å²) >= 11 is 1.19. The molecule has 0 spiro atoms. The van der Waals surface area contributed by atoms with Crippen LogP contribution >= 0.6 is 11.5 Å². The molecule has 9 heteroatoms. The third-order valence-electron chi connectivity index (χ3n) is 5.31. The van der Waals surface area contributed by atoms with Crippen LogP contribution in [0.25, 0.3) is 0 Å². The first-order valence-electron chi connectivity index (χ1n) is 10.9. The predicted molar refractivity (Wildman–Crippen MR) is 125 cm³/mol. The maximum atomic E-state index is 12.9. The van der Waals surface area contributed by atoms with Crippen molar-refractivity contribution in [3.63, 3.8) is 0 Å². The Bertz CT molecular complexity index is 1110. The molecule has 0 unspecified atom stereocenters. The quantitative estimate of drug-likeness (QED) is 0.543. The third-order valence-corrected chi connectivity index (χ3v) is 5.94. The highest BCUT2D eigenvalue weighted by molar-refractivity contribution is 7.07. The molecule has 2 amide bonds. The number of ether oxygens (including phenoxy) is 2. The lowest BCUT2D eigenvalue weighted by Gasteiger charge is -2.34.